The van der Waals surface area contributed by atoms with Crippen molar-refractivity contribution in [2.24, 2.45) is 5.92 Å². The van der Waals surface area contributed by atoms with Gasteiger partial charge in [-0.2, -0.15) is 0 Å². The van der Waals surface area contributed by atoms with E-state index < -0.39 is 0 Å². The summed E-state index contributed by atoms with van der Waals surface area (Å²) < 4.78 is 0. The molecule has 1 amide bonds. The third kappa shape index (κ3) is 3.73. The van der Waals surface area contributed by atoms with Crippen LogP contribution in [-0.2, 0) is 4.79 Å². The first-order valence-corrected chi connectivity index (χ1v) is 8.40. The van der Waals surface area contributed by atoms with Crippen molar-refractivity contribution >= 4 is 5.91 Å². The Morgan fingerprint density at radius 1 is 1.30 bits per heavy atom. The zero-order valence-electron chi connectivity index (χ0n) is 13.3. The number of hydrogen-bond acceptors (Lipinski definition) is 3. The molecule has 4 heteroatoms. The van der Waals surface area contributed by atoms with Crippen LogP contribution < -0.4 is 10.6 Å². The minimum absolute atomic E-state index is 0.117. The molecule has 2 unspecified atom stereocenters. The predicted molar refractivity (Wildman–Crippen MR) is 82.7 cm³/mol. The van der Waals surface area contributed by atoms with Gasteiger partial charge in [-0.25, -0.2) is 0 Å². The molecule has 2 atom stereocenters. The van der Waals surface area contributed by atoms with Gasteiger partial charge >= 0.3 is 0 Å². The smallest absolute Gasteiger partial charge is 0.237 e. The van der Waals surface area contributed by atoms with Crippen LogP contribution in [0.4, 0.5) is 0 Å². The molecule has 0 bridgehead atoms. The molecule has 2 heterocycles. The maximum atomic E-state index is 12.6. The molecule has 4 nitrogen and oxygen atoms in total. The van der Waals surface area contributed by atoms with Gasteiger partial charge in [-0.1, -0.05) is 20.8 Å². The van der Waals surface area contributed by atoms with E-state index in [9.17, 15) is 4.79 Å². The Morgan fingerprint density at radius 2 is 2.00 bits per heavy atom. The topological polar surface area (TPSA) is 44.4 Å². The predicted octanol–water partition coefficient (Wildman–Crippen LogP) is 1.75. The van der Waals surface area contributed by atoms with Crippen molar-refractivity contribution in [2.45, 2.75) is 71.0 Å². The highest BCUT2D eigenvalue weighted by atomic mass is 16.2. The monoisotopic (exact) mass is 281 g/mol. The lowest BCUT2D eigenvalue weighted by molar-refractivity contribution is -0.127. The SMILES string of the molecule is CCC(NC(=O)C1CCCN1C1CCNCC1)C(C)C. The lowest BCUT2D eigenvalue weighted by Crippen LogP contribution is -2.52. The van der Waals surface area contributed by atoms with E-state index in [4.69, 9.17) is 0 Å². The molecular weight excluding hydrogens is 250 g/mol. The summed E-state index contributed by atoms with van der Waals surface area (Å²) in [6.45, 7) is 9.82. The van der Waals surface area contributed by atoms with E-state index in [0.29, 0.717) is 18.0 Å². The molecule has 20 heavy (non-hydrogen) atoms. The first kappa shape index (κ1) is 15.8. The highest BCUT2D eigenvalue weighted by molar-refractivity contribution is 5.82. The van der Waals surface area contributed by atoms with Crippen molar-refractivity contribution in [3.63, 3.8) is 0 Å². The van der Waals surface area contributed by atoms with Crippen LogP contribution in [0.25, 0.3) is 0 Å². The van der Waals surface area contributed by atoms with E-state index in [-0.39, 0.29) is 11.9 Å². The zero-order valence-corrected chi connectivity index (χ0v) is 13.3. The highest BCUT2D eigenvalue weighted by Gasteiger charge is 2.36. The summed E-state index contributed by atoms with van der Waals surface area (Å²) in [4.78, 5) is 15.1. The average Bonchev–Trinajstić information content (AvgIpc) is 2.94. The van der Waals surface area contributed by atoms with Crippen LogP contribution in [0, 0.1) is 5.92 Å². The summed E-state index contributed by atoms with van der Waals surface area (Å²) in [6, 6.07) is 1.04. The number of amides is 1. The van der Waals surface area contributed by atoms with Gasteiger partial charge in [-0.05, 0) is 57.7 Å². The van der Waals surface area contributed by atoms with Gasteiger partial charge in [0, 0.05) is 12.1 Å². The van der Waals surface area contributed by atoms with Crippen molar-refractivity contribution in [2.75, 3.05) is 19.6 Å². The fraction of sp³-hybridized carbons (Fsp3) is 0.938. The number of piperidine rings is 1. The van der Waals surface area contributed by atoms with Crippen molar-refractivity contribution in [1.29, 1.82) is 0 Å². The van der Waals surface area contributed by atoms with Crippen molar-refractivity contribution in [3.05, 3.63) is 0 Å². The molecule has 116 valence electrons. The Hall–Kier alpha value is -0.610. The van der Waals surface area contributed by atoms with Crippen LogP contribution in [0.5, 0.6) is 0 Å². The van der Waals surface area contributed by atoms with Crippen LogP contribution in [0.3, 0.4) is 0 Å². The molecule has 0 saturated carbocycles. The molecule has 0 radical (unpaired) electrons. The Kier molecular flexibility index (Phi) is 5.85. The van der Waals surface area contributed by atoms with Gasteiger partial charge in [0.1, 0.15) is 0 Å². The Morgan fingerprint density at radius 3 is 2.60 bits per heavy atom. The van der Waals surface area contributed by atoms with Crippen LogP contribution in [0.1, 0.15) is 52.9 Å². The molecule has 0 aliphatic carbocycles. The molecule has 0 aromatic rings. The second-order valence-electron chi connectivity index (χ2n) is 6.64. The van der Waals surface area contributed by atoms with E-state index in [1.807, 2.05) is 0 Å². The first-order valence-electron chi connectivity index (χ1n) is 8.40. The quantitative estimate of drug-likeness (QED) is 0.807. The Balaban J connectivity index is 1.93. The molecule has 2 aliphatic rings. The molecule has 2 N–H and O–H groups in total. The van der Waals surface area contributed by atoms with E-state index in [1.54, 1.807) is 0 Å². The van der Waals surface area contributed by atoms with Gasteiger partial charge in [-0.15, -0.1) is 0 Å². The van der Waals surface area contributed by atoms with Gasteiger partial charge in [0.25, 0.3) is 0 Å². The standard InChI is InChI=1S/C16H31N3O/c1-4-14(12(2)3)18-16(20)15-6-5-11-19(15)13-7-9-17-10-8-13/h12-15,17H,4-11H2,1-3H3,(H,18,20). The zero-order chi connectivity index (χ0) is 14.5. The number of carbonyl (C=O) groups is 1. The van der Waals surface area contributed by atoms with Crippen molar-refractivity contribution in [1.82, 2.24) is 15.5 Å². The number of likely N-dealkylation sites (tertiary alicyclic amines) is 1. The fourth-order valence-corrected chi connectivity index (χ4v) is 3.67. The molecule has 2 rings (SSSR count). The summed E-state index contributed by atoms with van der Waals surface area (Å²) in [5.74, 6) is 0.777. The molecule has 2 saturated heterocycles. The number of nitrogens with one attached hydrogen (secondary N) is 2. The van der Waals surface area contributed by atoms with Gasteiger partial charge in [0.2, 0.25) is 5.91 Å². The Labute approximate surface area is 123 Å². The molecule has 2 fully saturated rings. The van der Waals surface area contributed by atoms with Gasteiger partial charge in [-0.3, -0.25) is 9.69 Å². The minimum Gasteiger partial charge on any atom is -0.352 e. The summed E-state index contributed by atoms with van der Waals surface area (Å²) in [5.41, 5.74) is 0. The normalized spacial score (nSPS) is 26.9. The van der Waals surface area contributed by atoms with Crippen molar-refractivity contribution in [3.8, 4) is 0 Å². The van der Waals surface area contributed by atoms with E-state index in [2.05, 4.69) is 36.3 Å². The molecular formula is C16H31N3O. The van der Waals surface area contributed by atoms with E-state index in [0.717, 1.165) is 32.5 Å². The maximum absolute atomic E-state index is 12.6. The molecule has 0 aromatic heterocycles. The minimum atomic E-state index is 0.117. The summed E-state index contributed by atoms with van der Waals surface area (Å²) in [5, 5.41) is 6.69. The largest absolute Gasteiger partial charge is 0.352 e. The van der Waals surface area contributed by atoms with Crippen LogP contribution >= 0.6 is 0 Å². The Bertz CT molecular complexity index is 313. The maximum Gasteiger partial charge on any atom is 0.237 e. The van der Waals surface area contributed by atoms with E-state index >= 15 is 0 Å². The van der Waals surface area contributed by atoms with Crippen LogP contribution in [0.15, 0.2) is 0 Å². The number of hydrogen-bond donors (Lipinski definition) is 2. The number of carbonyl (C=O) groups excluding carboxylic acids is 1. The fourth-order valence-electron chi connectivity index (χ4n) is 3.67. The molecule has 0 aromatic carbocycles. The second kappa shape index (κ2) is 7.41. The third-order valence-electron chi connectivity index (χ3n) is 4.95. The molecule has 0 spiro atoms. The highest BCUT2D eigenvalue weighted by Crippen LogP contribution is 2.25. The van der Waals surface area contributed by atoms with Gasteiger partial charge in [0.15, 0.2) is 0 Å². The average molecular weight is 281 g/mol. The third-order valence-corrected chi connectivity index (χ3v) is 4.95. The molecule has 2 aliphatic heterocycles. The van der Waals surface area contributed by atoms with Crippen molar-refractivity contribution < 1.29 is 4.79 Å². The first-order chi connectivity index (χ1) is 9.63. The lowest BCUT2D eigenvalue weighted by atomic mass is 10.00. The lowest BCUT2D eigenvalue weighted by Gasteiger charge is -2.36. The summed E-state index contributed by atoms with van der Waals surface area (Å²) in [6.07, 6.45) is 5.59. The van der Waals surface area contributed by atoms with E-state index in [1.165, 1.54) is 19.3 Å². The number of nitrogens with zero attached hydrogens (tertiary/aromatic N) is 1. The van der Waals surface area contributed by atoms with Gasteiger partial charge in [0.05, 0.1) is 6.04 Å². The summed E-state index contributed by atoms with van der Waals surface area (Å²) >= 11 is 0. The number of rotatable bonds is 5. The van der Waals surface area contributed by atoms with Crippen LogP contribution in [-0.4, -0.2) is 48.6 Å². The second-order valence-corrected chi connectivity index (χ2v) is 6.64. The van der Waals surface area contributed by atoms with Crippen LogP contribution in [0.2, 0.25) is 0 Å². The van der Waals surface area contributed by atoms with Gasteiger partial charge < -0.3 is 10.6 Å². The summed E-state index contributed by atoms with van der Waals surface area (Å²) in [7, 11) is 0.